The maximum Gasteiger partial charge on any atom is 0.306 e. The lowest BCUT2D eigenvalue weighted by Crippen LogP contribution is -2.30. The second-order valence-corrected chi connectivity index (χ2v) is 22.4. The predicted molar refractivity (Wildman–Crippen MR) is 307 cm³/mol. The fourth-order valence-corrected chi connectivity index (χ4v) is 10.2. The van der Waals surface area contributed by atoms with Crippen LogP contribution in [-0.4, -0.2) is 37.2 Å². The average molecular weight is 1000 g/mol. The molecule has 71 heavy (non-hydrogen) atoms. The van der Waals surface area contributed by atoms with E-state index in [1.807, 2.05) is 0 Å². The number of unbranched alkanes of at least 4 members (excludes halogenated alkanes) is 50. The molecule has 0 spiro atoms. The Kier molecular flexibility index (Phi) is 59.6. The van der Waals surface area contributed by atoms with Crippen LogP contribution in [0.5, 0.6) is 0 Å². The summed E-state index contributed by atoms with van der Waals surface area (Å²) in [6, 6.07) is 0. The van der Waals surface area contributed by atoms with Crippen LogP contribution in [0.15, 0.2) is 0 Å². The molecule has 0 heterocycles. The summed E-state index contributed by atoms with van der Waals surface area (Å²) in [6.45, 7) is 6.72. The largest absolute Gasteiger partial charge is 0.462 e. The van der Waals surface area contributed by atoms with Crippen molar-refractivity contribution >= 4 is 17.9 Å². The van der Waals surface area contributed by atoms with Crippen molar-refractivity contribution in [2.75, 3.05) is 13.2 Å². The maximum absolute atomic E-state index is 12.9. The Balaban J connectivity index is 4.18. The highest BCUT2D eigenvalue weighted by atomic mass is 16.6. The Bertz CT molecular complexity index is 1060. The zero-order chi connectivity index (χ0) is 51.4. The van der Waals surface area contributed by atoms with Gasteiger partial charge in [0.2, 0.25) is 0 Å². The molecule has 0 N–H and O–H groups in total. The molecule has 0 amide bonds. The summed E-state index contributed by atoms with van der Waals surface area (Å²) >= 11 is 0. The summed E-state index contributed by atoms with van der Waals surface area (Å²) in [5.74, 6) is -0.827. The lowest BCUT2D eigenvalue weighted by atomic mass is 10.0. The number of carbonyl (C=O) groups is 3. The molecule has 422 valence electrons. The van der Waals surface area contributed by atoms with E-state index in [-0.39, 0.29) is 31.1 Å². The molecule has 6 heteroatoms. The van der Waals surface area contributed by atoms with Crippen LogP contribution >= 0.6 is 0 Å². The Morgan fingerprint density at radius 1 is 0.225 bits per heavy atom. The van der Waals surface area contributed by atoms with Crippen molar-refractivity contribution in [3.63, 3.8) is 0 Å². The van der Waals surface area contributed by atoms with Gasteiger partial charge in [0.15, 0.2) is 6.10 Å². The van der Waals surface area contributed by atoms with Gasteiger partial charge in [-0.05, 0) is 19.3 Å². The van der Waals surface area contributed by atoms with Gasteiger partial charge in [-0.25, -0.2) is 0 Å². The van der Waals surface area contributed by atoms with Crippen molar-refractivity contribution in [2.45, 2.75) is 386 Å². The predicted octanol–water partition coefficient (Wildman–Crippen LogP) is 21.9. The fraction of sp³-hybridized carbons (Fsp3) is 0.954. The smallest absolute Gasteiger partial charge is 0.306 e. The van der Waals surface area contributed by atoms with Gasteiger partial charge in [-0.2, -0.15) is 0 Å². The lowest BCUT2D eigenvalue weighted by Gasteiger charge is -2.18. The molecule has 1 unspecified atom stereocenters. The molecule has 0 rings (SSSR count). The summed E-state index contributed by atoms with van der Waals surface area (Å²) in [5.41, 5.74) is 0. The third-order valence-corrected chi connectivity index (χ3v) is 15.1. The molecule has 0 bridgehead atoms. The van der Waals surface area contributed by atoms with Crippen LogP contribution in [-0.2, 0) is 28.6 Å². The molecule has 1 atom stereocenters. The minimum Gasteiger partial charge on any atom is -0.462 e. The topological polar surface area (TPSA) is 78.9 Å². The quantitative estimate of drug-likeness (QED) is 0.0343. The molecular formula is C65H126O6. The molecule has 0 saturated heterocycles. The van der Waals surface area contributed by atoms with E-state index in [9.17, 15) is 14.4 Å². The number of rotatable bonds is 61. The molecule has 0 aromatic rings. The zero-order valence-corrected chi connectivity index (χ0v) is 48.5. The van der Waals surface area contributed by atoms with Gasteiger partial charge >= 0.3 is 17.9 Å². The maximum atomic E-state index is 12.9. The Morgan fingerprint density at radius 3 is 0.563 bits per heavy atom. The summed E-state index contributed by atoms with van der Waals surface area (Å²) < 4.78 is 16.9. The number of carbonyl (C=O) groups excluding carboxylic acids is 3. The third kappa shape index (κ3) is 59.2. The van der Waals surface area contributed by atoms with E-state index in [0.29, 0.717) is 19.3 Å². The van der Waals surface area contributed by atoms with Crippen LogP contribution in [0.25, 0.3) is 0 Å². The molecular weight excluding hydrogens is 877 g/mol. The Labute approximate surface area is 444 Å². The van der Waals surface area contributed by atoms with E-state index < -0.39 is 6.10 Å². The van der Waals surface area contributed by atoms with Crippen molar-refractivity contribution in [1.82, 2.24) is 0 Å². The minimum absolute atomic E-state index is 0.0607. The summed E-state index contributed by atoms with van der Waals surface area (Å²) in [6.07, 6.45) is 69.8. The van der Waals surface area contributed by atoms with Crippen LogP contribution in [0, 0.1) is 0 Å². The molecule has 0 aliphatic heterocycles. The van der Waals surface area contributed by atoms with E-state index in [1.54, 1.807) is 0 Å². The highest BCUT2D eigenvalue weighted by molar-refractivity contribution is 5.71. The summed E-state index contributed by atoms with van der Waals surface area (Å²) in [4.78, 5) is 38.2. The SMILES string of the molecule is CCCCCCCCCCCCCCCCCCCCCCCCCC(=O)OCC(COC(=O)CCCCCCCCCCCCC)OC(=O)CCCCCCCCCCCCCCCCCCCCC. The lowest BCUT2D eigenvalue weighted by molar-refractivity contribution is -0.167. The van der Waals surface area contributed by atoms with Gasteiger partial charge in [0.25, 0.3) is 0 Å². The first-order valence-electron chi connectivity index (χ1n) is 32.5. The number of hydrogen-bond donors (Lipinski definition) is 0. The van der Waals surface area contributed by atoms with Gasteiger partial charge < -0.3 is 14.2 Å². The first kappa shape index (κ1) is 69.4. The normalized spacial score (nSPS) is 11.9. The zero-order valence-electron chi connectivity index (χ0n) is 48.5. The first-order chi connectivity index (χ1) is 35.0. The monoisotopic (exact) mass is 1000 g/mol. The van der Waals surface area contributed by atoms with Crippen molar-refractivity contribution in [3.8, 4) is 0 Å². The van der Waals surface area contributed by atoms with Gasteiger partial charge in [0.05, 0.1) is 0 Å². The minimum atomic E-state index is -0.762. The van der Waals surface area contributed by atoms with E-state index in [1.165, 1.54) is 283 Å². The van der Waals surface area contributed by atoms with E-state index in [0.717, 1.165) is 57.8 Å². The van der Waals surface area contributed by atoms with Crippen molar-refractivity contribution in [3.05, 3.63) is 0 Å². The first-order valence-corrected chi connectivity index (χ1v) is 32.5. The highest BCUT2D eigenvalue weighted by Crippen LogP contribution is 2.19. The second kappa shape index (κ2) is 61.0. The molecule has 0 radical (unpaired) electrons. The van der Waals surface area contributed by atoms with Gasteiger partial charge in [-0.3, -0.25) is 14.4 Å². The van der Waals surface area contributed by atoms with Crippen LogP contribution in [0.3, 0.4) is 0 Å². The summed E-state index contributed by atoms with van der Waals surface area (Å²) in [7, 11) is 0. The van der Waals surface area contributed by atoms with Gasteiger partial charge in [-0.15, -0.1) is 0 Å². The van der Waals surface area contributed by atoms with Gasteiger partial charge in [0, 0.05) is 19.3 Å². The molecule has 0 saturated carbocycles. The number of hydrogen-bond acceptors (Lipinski definition) is 6. The Hall–Kier alpha value is -1.59. The van der Waals surface area contributed by atoms with Crippen molar-refractivity contribution in [2.24, 2.45) is 0 Å². The summed E-state index contributed by atoms with van der Waals surface area (Å²) in [5, 5.41) is 0. The molecule has 0 aromatic heterocycles. The van der Waals surface area contributed by atoms with Crippen LogP contribution in [0.4, 0.5) is 0 Å². The molecule has 0 aliphatic rings. The van der Waals surface area contributed by atoms with Crippen molar-refractivity contribution < 1.29 is 28.6 Å². The van der Waals surface area contributed by atoms with Gasteiger partial charge in [-0.1, -0.05) is 342 Å². The van der Waals surface area contributed by atoms with Crippen LogP contribution in [0.1, 0.15) is 380 Å². The van der Waals surface area contributed by atoms with Crippen LogP contribution < -0.4 is 0 Å². The number of ether oxygens (including phenoxy) is 3. The van der Waals surface area contributed by atoms with E-state index in [2.05, 4.69) is 20.8 Å². The molecule has 0 aliphatic carbocycles. The third-order valence-electron chi connectivity index (χ3n) is 15.1. The number of esters is 3. The Morgan fingerprint density at radius 2 is 0.380 bits per heavy atom. The molecule has 6 nitrogen and oxygen atoms in total. The standard InChI is InChI=1S/C65H126O6/c1-4-7-10-13-16-19-22-24-26-28-30-31-32-33-35-36-38-40-43-46-49-52-55-58-64(67)70-61-62(60-69-63(66)57-54-51-48-45-42-21-18-15-12-9-6-3)71-65(68)59-56-53-50-47-44-41-39-37-34-29-27-25-23-20-17-14-11-8-5-2/h62H,4-61H2,1-3H3. The molecule has 0 fully saturated rings. The highest BCUT2D eigenvalue weighted by Gasteiger charge is 2.19. The average Bonchev–Trinajstić information content (AvgIpc) is 3.37. The van der Waals surface area contributed by atoms with E-state index in [4.69, 9.17) is 14.2 Å². The molecule has 0 aromatic carbocycles. The second-order valence-electron chi connectivity index (χ2n) is 22.4. The fourth-order valence-electron chi connectivity index (χ4n) is 10.2. The van der Waals surface area contributed by atoms with E-state index >= 15 is 0 Å². The van der Waals surface area contributed by atoms with Gasteiger partial charge in [0.1, 0.15) is 13.2 Å². The van der Waals surface area contributed by atoms with Crippen molar-refractivity contribution in [1.29, 1.82) is 0 Å². The van der Waals surface area contributed by atoms with Crippen LogP contribution in [0.2, 0.25) is 0 Å².